The summed E-state index contributed by atoms with van der Waals surface area (Å²) in [6.45, 7) is 0.974. The van der Waals surface area contributed by atoms with Crippen LogP contribution in [0, 0.1) is 5.92 Å². The summed E-state index contributed by atoms with van der Waals surface area (Å²) in [4.78, 5) is 20.3. The molecule has 3 heterocycles. The number of hydrogen-bond acceptors (Lipinski definition) is 6. The maximum Gasteiger partial charge on any atom is 0.406 e. The standard InChI is InChI=1S/C22H23F3N4O4/c1-12(14-7-19(30)26-9-14)33-21-20-16(27-11-29(20)10-22(23,24)25)8-15(28-21)13-4-5-17(31-2)18(6-13)32-3/h4-6,8,11-12,14H,7,9-10H2,1-3H3,(H,26,30)/t12-,14-/m1/s1. The normalized spacial score (nSPS) is 17.2. The lowest BCUT2D eigenvalue weighted by molar-refractivity contribution is -0.140. The van der Waals surface area contributed by atoms with Crippen molar-refractivity contribution in [3.63, 3.8) is 0 Å². The Morgan fingerprint density at radius 1 is 1.21 bits per heavy atom. The molecular formula is C22H23F3N4O4. The molecule has 1 amide bonds. The third-order valence-corrected chi connectivity index (χ3v) is 5.56. The smallest absolute Gasteiger partial charge is 0.406 e. The van der Waals surface area contributed by atoms with Crippen LogP contribution >= 0.6 is 0 Å². The van der Waals surface area contributed by atoms with Gasteiger partial charge in [-0.05, 0) is 31.2 Å². The molecule has 2 aromatic heterocycles. The summed E-state index contributed by atoms with van der Waals surface area (Å²) >= 11 is 0. The molecule has 0 bridgehead atoms. The van der Waals surface area contributed by atoms with Crippen LogP contribution in [0.25, 0.3) is 22.3 Å². The number of amides is 1. The van der Waals surface area contributed by atoms with E-state index in [1.165, 1.54) is 14.2 Å². The van der Waals surface area contributed by atoms with Crippen LogP contribution in [0.3, 0.4) is 0 Å². The summed E-state index contributed by atoms with van der Waals surface area (Å²) < 4.78 is 57.1. The number of alkyl halides is 3. The fourth-order valence-electron chi connectivity index (χ4n) is 3.83. The number of pyridine rings is 1. The molecule has 1 aliphatic rings. The Labute approximate surface area is 187 Å². The number of nitrogens with one attached hydrogen (secondary N) is 1. The van der Waals surface area contributed by atoms with Crippen molar-refractivity contribution < 1.29 is 32.2 Å². The highest BCUT2D eigenvalue weighted by Crippen LogP contribution is 2.36. The molecule has 1 saturated heterocycles. The predicted octanol–water partition coefficient (Wildman–Crippen LogP) is 3.58. The molecule has 3 aromatic rings. The predicted molar refractivity (Wildman–Crippen MR) is 113 cm³/mol. The molecule has 4 rings (SSSR count). The van der Waals surface area contributed by atoms with Gasteiger partial charge in [0.05, 0.1) is 31.8 Å². The van der Waals surface area contributed by atoms with E-state index < -0.39 is 18.8 Å². The fraction of sp³-hybridized carbons (Fsp3) is 0.409. The number of fused-ring (bicyclic) bond motifs is 1. The molecule has 33 heavy (non-hydrogen) atoms. The summed E-state index contributed by atoms with van der Waals surface area (Å²) in [7, 11) is 3.02. The second-order valence-corrected chi connectivity index (χ2v) is 7.83. The Morgan fingerprint density at radius 3 is 2.61 bits per heavy atom. The quantitative estimate of drug-likeness (QED) is 0.575. The second kappa shape index (κ2) is 8.80. The van der Waals surface area contributed by atoms with Gasteiger partial charge in [-0.25, -0.2) is 9.97 Å². The van der Waals surface area contributed by atoms with Crippen LogP contribution in [0.1, 0.15) is 13.3 Å². The van der Waals surface area contributed by atoms with Crippen molar-refractivity contribution in [2.75, 3.05) is 20.8 Å². The van der Waals surface area contributed by atoms with Gasteiger partial charge in [-0.1, -0.05) is 0 Å². The Morgan fingerprint density at radius 2 is 1.97 bits per heavy atom. The number of imidazole rings is 1. The molecule has 1 N–H and O–H groups in total. The van der Waals surface area contributed by atoms with E-state index in [1.54, 1.807) is 31.2 Å². The maximum atomic E-state index is 13.1. The zero-order chi connectivity index (χ0) is 23.8. The van der Waals surface area contributed by atoms with E-state index in [-0.39, 0.29) is 29.6 Å². The highest BCUT2D eigenvalue weighted by atomic mass is 19.4. The lowest BCUT2D eigenvalue weighted by Crippen LogP contribution is -2.26. The van der Waals surface area contributed by atoms with Crippen LogP contribution < -0.4 is 19.5 Å². The summed E-state index contributed by atoms with van der Waals surface area (Å²) in [5, 5.41) is 2.74. The van der Waals surface area contributed by atoms with E-state index in [0.29, 0.717) is 34.8 Å². The molecule has 0 aliphatic carbocycles. The van der Waals surface area contributed by atoms with Crippen molar-refractivity contribution >= 4 is 16.9 Å². The molecule has 1 aliphatic heterocycles. The van der Waals surface area contributed by atoms with Crippen molar-refractivity contribution in [2.45, 2.75) is 32.2 Å². The van der Waals surface area contributed by atoms with Crippen molar-refractivity contribution in [3.05, 3.63) is 30.6 Å². The molecule has 11 heteroatoms. The van der Waals surface area contributed by atoms with Crippen molar-refractivity contribution in [1.29, 1.82) is 0 Å². The first kappa shape index (κ1) is 22.7. The number of hydrogen-bond donors (Lipinski definition) is 1. The highest BCUT2D eigenvalue weighted by Gasteiger charge is 2.32. The number of methoxy groups -OCH3 is 2. The van der Waals surface area contributed by atoms with Gasteiger partial charge in [-0.15, -0.1) is 0 Å². The van der Waals surface area contributed by atoms with Gasteiger partial charge in [-0.3, -0.25) is 4.79 Å². The largest absolute Gasteiger partial charge is 0.493 e. The summed E-state index contributed by atoms with van der Waals surface area (Å²) in [6.07, 6.45) is -3.51. The zero-order valence-electron chi connectivity index (χ0n) is 18.3. The van der Waals surface area contributed by atoms with Crippen LogP contribution in [-0.4, -0.2) is 53.5 Å². The Hall–Kier alpha value is -3.50. The van der Waals surface area contributed by atoms with Crippen LogP contribution in [-0.2, 0) is 11.3 Å². The average Bonchev–Trinajstić information content (AvgIpc) is 3.38. The lowest BCUT2D eigenvalue weighted by atomic mass is 10.0. The molecule has 176 valence electrons. The summed E-state index contributed by atoms with van der Waals surface area (Å²) in [5.41, 5.74) is 1.54. The Bertz CT molecular complexity index is 1180. The minimum atomic E-state index is -4.44. The number of ether oxygens (including phenoxy) is 3. The van der Waals surface area contributed by atoms with E-state index in [1.807, 2.05) is 0 Å². The monoisotopic (exact) mass is 464 g/mol. The number of halogens is 3. The van der Waals surface area contributed by atoms with E-state index in [4.69, 9.17) is 14.2 Å². The SMILES string of the molecule is COc1ccc(-c2cc3ncn(CC(F)(F)F)c3c(O[C@H](C)[C@H]3CNC(=O)C3)n2)cc1OC. The van der Waals surface area contributed by atoms with Crippen LogP contribution in [0.2, 0.25) is 0 Å². The van der Waals surface area contributed by atoms with Gasteiger partial charge in [0.25, 0.3) is 0 Å². The minimum absolute atomic E-state index is 0.0193. The van der Waals surface area contributed by atoms with E-state index in [9.17, 15) is 18.0 Å². The van der Waals surface area contributed by atoms with E-state index >= 15 is 0 Å². The van der Waals surface area contributed by atoms with Gasteiger partial charge in [0.15, 0.2) is 11.5 Å². The number of carbonyl (C=O) groups excluding carboxylic acids is 1. The van der Waals surface area contributed by atoms with E-state index in [2.05, 4.69) is 15.3 Å². The molecule has 1 aromatic carbocycles. The van der Waals surface area contributed by atoms with Crippen LogP contribution in [0.15, 0.2) is 30.6 Å². The number of nitrogens with zero attached hydrogens (tertiary/aromatic N) is 3. The number of aromatic nitrogens is 3. The maximum absolute atomic E-state index is 13.1. The molecule has 1 fully saturated rings. The van der Waals surface area contributed by atoms with Gasteiger partial charge in [0.1, 0.15) is 18.2 Å². The Balaban J connectivity index is 1.79. The topological polar surface area (TPSA) is 87.5 Å². The van der Waals surface area contributed by atoms with Crippen molar-refractivity contribution in [3.8, 4) is 28.6 Å². The number of benzene rings is 1. The van der Waals surface area contributed by atoms with Crippen LogP contribution in [0.4, 0.5) is 13.2 Å². The van der Waals surface area contributed by atoms with Crippen LogP contribution in [0.5, 0.6) is 17.4 Å². The molecule has 0 saturated carbocycles. The molecule has 0 spiro atoms. The van der Waals surface area contributed by atoms with Crippen molar-refractivity contribution in [1.82, 2.24) is 19.9 Å². The highest BCUT2D eigenvalue weighted by molar-refractivity contribution is 5.85. The summed E-state index contributed by atoms with van der Waals surface area (Å²) in [6, 6.07) is 6.78. The van der Waals surface area contributed by atoms with Gasteiger partial charge in [0, 0.05) is 24.4 Å². The first-order valence-corrected chi connectivity index (χ1v) is 10.3. The number of rotatable bonds is 7. The third kappa shape index (κ3) is 4.81. The first-order chi connectivity index (χ1) is 15.7. The Kier molecular flexibility index (Phi) is 6.05. The molecule has 0 unspecified atom stereocenters. The lowest BCUT2D eigenvalue weighted by Gasteiger charge is -2.20. The van der Waals surface area contributed by atoms with Gasteiger partial charge in [-0.2, -0.15) is 13.2 Å². The van der Waals surface area contributed by atoms with Gasteiger partial charge >= 0.3 is 6.18 Å². The van der Waals surface area contributed by atoms with Gasteiger partial charge < -0.3 is 24.1 Å². The molecule has 2 atom stereocenters. The molecule has 8 nitrogen and oxygen atoms in total. The zero-order valence-corrected chi connectivity index (χ0v) is 18.3. The number of carbonyl (C=O) groups is 1. The first-order valence-electron chi connectivity index (χ1n) is 10.3. The molecular weight excluding hydrogens is 441 g/mol. The fourth-order valence-corrected chi connectivity index (χ4v) is 3.83. The van der Waals surface area contributed by atoms with E-state index in [0.717, 1.165) is 10.9 Å². The third-order valence-electron chi connectivity index (χ3n) is 5.56. The molecule has 0 radical (unpaired) electrons. The second-order valence-electron chi connectivity index (χ2n) is 7.83. The average molecular weight is 464 g/mol. The van der Waals surface area contributed by atoms with Gasteiger partial charge in [0.2, 0.25) is 11.8 Å². The van der Waals surface area contributed by atoms with Crippen molar-refractivity contribution in [2.24, 2.45) is 5.92 Å². The minimum Gasteiger partial charge on any atom is -0.493 e. The summed E-state index contributed by atoms with van der Waals surface area (Å²) in [5.74, 6) is 0.810.